The van der Waals surface area contributed by atoms with Crippen molar-refractivity contribution in [2.45, 2.75) is 32.3 Å². The third-order valence-electron chi connectivity index (χ3n) is 6.21. The highest BCUT2D eigenvalue weighted by Gasteiger charge is 2.23. The van der Waals surface area contributed by atoms with Gasteiger partial charge in [0.25, 0.3) is 0 Å². The van der Waals surface area contributed by atoms with Crippen molar-refractivity contribution in [1.82, 2.24) is 14.3 Å². The van der Waals surface area contributed by atoms with Crippen molar-refractivity contribution in [3.8, 4) is 17.0 Å². The van der Waals surface area contributed by atoms with Gasteiger partial charge in [0.15, 0.2) is 4.96 Å². The van der Waals surface area contributed by atoms with Crippen molar-refractivity contribution in [2.75, 3.05) is 31.6 Å². The van der Waals surface area contributed by atoms with Gasteiger partial charge in [-0.15, -0.1) is 11.3 Å². The molecule has 5 rings (SSSR count). The van der Waals surface area contributed by atoms with E-state index in [1.807, 2.05) is 60.4 Å². The van der Waals surface area contributed by atoms with Gasteiger partial charge >= 0.3 is 6.03 Å². The molecule has 1 unspecified atom stereocenters. The van der Waals surface area contributed by atoms with Gasteiger partial charge in [-0.3, -0.25) is 4.40 Å². The number of rotatable bonds is 9. The summed E-state index contributed by atoms with van der Waals surface area (Å²) in [4.78, 5) is 20.8. The van der Waals surface area contributed by atoms with Crippen LogP contribution in [-0.2, 0) is 11.2 Å². The Balaban J connectivity index is 1.29. The maximum atomic E-state index is 13.3. The van der Waals surface area contributed by atoms with E-state index in [0.717, 1.165) is 52.8 Å². The highest BCUT2D eigenvalue weighted by atomic mass is 35.5. The molecule has 2 amide bonds. The van der Waals surface area contributed by atoms with Gasteiger partial charge in [-0.2, -0.15) is 0 Å². The predicted octanol–water partition coefficient (Wildman–Crippen LogP) is 6.37. The summed E-state index contributed by atoms with van der Waals surface area (Å²) in [6.45, 7) is 4.45. The zero-order chi connectivity index (χ0) is 24.9. The summed E-state index contributed by atoms with van der Waals surface area (Å²) in [5.41, 5.74) is 3.79. The molecule has 3 heterocycles. The zero-order valence-corrected chi connectivity index (χ0v) is 21.7. The third-order valence-corrected chi connectivity index (χ3v) is 7.35. The molecule has 36 heavy (non-hydrogen) atoms. The standard InChI is InChI=1S/C27H29ClN4O3S/c1-2-34-23-11-9-21(10-12-23)29-26(33)31(16-24-4-3-15-35-24)14-13-22-18-36-27-30-25(17-32(22)27)19-5-7-20(28)8-6-19/h5-12,17-18,24H,2-4,13-16H2,1H3,(H,29,33). The van der Waals surface area contributed by atoms with E-state index in [2.05, 4.69) is 21.3 Å². The minimum atomic E-state index is -0.131. The number of nitrogens with one attached hydrogen (secondary N) is 1. The van der Waals surface area contributed by atoms with Crippen LogP contribution in [0.3, 0.4) is 0 Å². The second-order valence-corrected chi connectivity index (χ2v) is 10.0. The minimum absolute atomic E-state index is 0.0725. The van der Waals surface area contributed by atoms with E-state index in [4.69, 9.17) is 26.1 Å². The molecule has 1 aliphatic heterocycles. The number of urea groups is 1. The molecule has 188 valence electrons. The summed E-state index contributed by atoms with van der Waals surface area (Å²) >= 11 is 7.64. The van der Waals surface area contributed by atoms with E-state index in [9.17, 15) is 4.79 Å². The number of carbonyl (C=O) groups is 1. The molecule has 1 atom stereocenters. The fourth-order valence-corrected chi connectivity index (χ4v) is 5.37. The Morgan fingerprint density at radius 3 is 2.78 bits per heavy atom. The Morgan fingerprint density at radius 2 is 2.06 bits per heavy atom. The van der Waals surface area contributed by atoms with Gasteiger partial charge in [-0.05, 0) is 56.2 Å². The second-order valence-electron chi connectivity index (χ2n) is 8.73. The molecule has 0 aliphatic carbocycles. The van der Waals surface area contributed by atoms with Crippen molar-refractivity contribution in [2.24, 2.45) is 0 Å². The molecule has 0 radical (unpaired) electrons. The highest BCUT2D eigenvalue weighted by Crippen LogP contribution is 2.25. The molecule has 0 spiro atoms. The number of hydrogen-bond donors (Lipinski definition) is 1. The maximum Gasteiger partial charge on any atom is 0.321 e. The van der Waals surface area contributed by atoms with Crippen LogP contribution in [0.1, 0.15) is 25.5 Å². The number of thiazole rings is 1. The summed E-state index contributed by atoms with van der Waals surface area (Å²) in [5.74, 6) is 0.784. The second kappa shape index (κ2) is 11.3. The summed E-state index contributed by atoms with van der Waals surface area (Å²) in [6, 6.07) is 15.0. The first-order valence-electron chi connectivity index (χ1n) is 12.2. The van der Waals surface area contributed by atoms with Crippen molar-refractivity contribution in [3.05, 3.63) is 70.8 Å². The zero-order valence-electron chi connectivity index (χ0n) is 20.2. The van der Waals surface area contributed by atoms with Gasteiger partial charge in [-0.1, -0.05) is 23.7 Å². The Morgan fingerprint density at radius 1 is 1.25 bits per heavy atom. The van der Waals surface area contributed by atoms with Crippen LogP contribution in [0, 0.1) is 0 Å². The number of hydrogen-bond acceptors (Lipinski definition) is 5. The molecule has 1 aliphatic rings. The quantitative estimate of drug-likeness (QED) is 0.276. The van der Waals surface area contributed by atoms with Crippen molar-refractivity contribution < 1.29 is 14.3 Å². The molecule has 0 saturated carbocycles. The van der Waals surface area contributed by atoms with Crippen molar-refractivity contribution >= 4 is 39.6 Å². The average Bonchev–Trinajstić information content (AvgIpc) is 3.62. The monoisotopic (exact) mass is 524 g/mol. The van der Waals surface area contributed by atoms with Crippen molar-refractivity contribution in [1.29, 1.82) is 0 Å². The van der Waals surface area contributed by atoms with Crippen LogP contribution in [0.4, 0.5) is 10.5 Å². The first-order chi connectivity index (χ1) is 17.6. The van der Waals surface area contributed by atoms with Crippen LogP contribution in [-0.4, -0.2) is 52.7 Å². The largest absolute Gasteiger partial charge is 0.494 e. The van der Waals surface area contributed by atoms with Crippen LogP contribution < -0.4 is 10.1 Å². The van der Waals surface area contributed by atoms with Crippen LogP contribution in [0.25, 0.3) is 16.2 Å². The Labute approximate surface area is 219 Å². The normalized spacial score (nSPS) is 15.3. The molecule has 4 aromatic rings. The van der Waals surface area contributed by atoms with Crippen molar-refractivity contribution in [3.63, 3.8) is 0 Å². The van der Waals surface area contributed by atoms with Gasteiger partial charge in [-0.25, -0.2) is 9.78 Å². The first kappa shape index (κ1) is 24.6. The van der Waals surface area contributed by atoms with Gasteiger partial charge in [0, 0.05) is 59.7 Å². The highest BCUT2D eigenvalue weighted by molar-refractivity contribution is 7.15. The van der Waals surface area contributed by atoms with E-state index in [1.165, 1.54) is 0 Å². The number of carbonyl (C=O) groups excluding carboxylic acids is 1. The van der Waals surface area contributed by atoms with Gasteiger partial charge < -0.3 is 19.7 Å². The van der Waals surface area contributed by atoms with Gasteiger partial charge in [0.05, 0.1) is 18.4 Å². The Bertz CT molecular complexity index is 1300. The lowest BCUT2D eigenvalue weighted by atomic mass is 10.2. The van der Waals surface area contributed by atoms with Crippen LogP contribution in [0.5, 0.6) is 5.75 Å². The number of imidazole rings is 1. The number of amides is 2. The fourth-order valence-electron chi connectivity index (χ4n) is 4.33. The van der Waals surface area contributed by atoms with Crippen LogP contribution >= 0.6 is 22.9 Å². The van der Waals surface area contributed by atoms with E-state index >= 15 is 0 Å². The SMILES string of the molecule is CCOc1ccc(NC(=O)N(CCc2csc3nc(-c4ccc(Cl)cc4)cn23)CC2CCCO2)cc1. The number of ether oxygens (including phenoxy) is 2. The molecule has 7 nitrogen and oxygen atoms in total. The molecular weight excluding hydrogens is 496 g/mol. The molecule has 2 aromatic carbocycles. The Hall–Kier alpha value is -3.07. The van der Waals surface area contributed by atoms with Crippen LogP contribution in [0.15, 0.2) is 60.1 Å². The number of anilines is 1. The van der Waals surface area contributed by atoms with Crippen LogP contribution in [0.2, 0.25) is 5.02 Å². The molecular formula is C27H29ClN4O3S. The lowest BCUT2D eigenvalue weighted by Gasteiger charge is -2.25. The fraction of sp³-hybridized carbons (Fsp3) is 0.333. The number of nitrogens with zero attached hydrogens (tertiary/aromatic N) is 3. The molecule has 2 aromatic heterocycles. The molecule has 1 N–H and O–H groups in total. The minimum Gasteiger partial charge on any atom is -0.494 e. The predicted molar refractivity (Wildman–Crippen MR) is 144 cm³/mol. The number of aromatic nitrogens is 2. The molecule has 0 bridgehead atoms. The maximum absolute atomic E-state index is 13.3. The lowest BCUT2D eigenvalue weighted by Crippen LogP contribution is -2.41. The number of halogens is 1. The summed E-state index contributed by atoms with van der Waals surface area (Å²) in [5, 5.41) is 5.85. The third kappa shape index (κ3) is 5.83. The van der Waals surface area contributed by atoms with E-state index < -0.39 is 0 Å². The summed E-state index contributed by atoms with van der Waals surface area (Å²) in [7, 11) is 0. The van der Waals surface area contributed by atoms with E-state index in [1.54, 1.807) is 11.3 Å². The number of fused-ring (bicyclic) bond motifs is 1. The van der Waals surface area contributed by atoms with Gasteiger partial charge in [0.2, 0.25) is 0 Å². The smallest absolute Gasteiger partial charge is 0.321 e. The number of benzene rings is 2. The first-order valence-corrected chi connectivity index (χ1v) is 13.5. The Kier molecular flexibility index (Phi) is 7.75. The average molecular weight is 525 g/mol. The van der Waals surface area contributed by atoms with Gasteiger partial charge in [0.1, 0.15) is 5.75 Å². The molecule has 9 heteroatoms. The summed E-state index contributed by atoms with van der Waals surface area (Å²) in [6.07, 6.45) is 4.84. The van der Waals surface area contributed by atoms with E-state index in [-0.39, 0.29) is 12.1 Å². The molecule has 1 fully saturated rings. The topological polar surface area (TPSA) is 68.1 Å². The molecule has 1 saturated heterocycles. The summed E-state index contributed by atoms with van der Waals surface area (Å²) < 4.78 is 13.4. The lowest BCUT2D eigenvalue weighted by molar-refractivity contribution is 0.0838. The van der Waals surface area contributed by atoms with E-state index in [0.29, 0.717) is 31.1 Å².